The molecule has 1 aromatic rings. The number of allylic oxidation sites excluding steroid dienone is 1. The van der Waals surface area contributed by atoms with Crippen molar-refractivity contribution in [2.75, 3.05) is 6.54 Å². The van der Waals surface area contributed by atoms with Crippen molar-refractivity contribution < 1.29 is 9.84 Å². The molecule has 74 valence electrons. The van der Waals surface area contributed by atoms with Crippen LogP contribution in [0.4, 0.5) is 0 Å². The highest BCUT2D eigenvalue weighted by Gasteiger charge is 2.24. The molecule has 3 nitrogen and oxygen atoms in total. The lowest BCUT2D eigenvalue weighted by molar-refractivity contribution is 0.405. The first-order valence-electron chi connectivity index (χ1n) is 4.76. The highest BCUT2D eigenvalue weighted by molar-refractivity contribution is 5.81. The molecule has 0 bridgehead atoms. The van der Waals surface area contributed by atoms with Gasteiger partial charge in [0, 0.05) is 6.21 Å². The van der Waals surface area contributed by atoms with E-state index in [4.69, 9.17) is 4.74 Å². The maximum absolute atomic E-state index is 10.0. The summed E-state index contributed by atoms with van der Waals surface area (Å²) in [6, 6.07) is 7.44. The van der Waals surface area contributed by atoms with Crippen molar-refractivity contribution in [3.05, 3.63) is 47.2 Å². The van der Waals surface area contributed by atoms with E-state index in [-0.39, 0.29) is 5.76 Å². The number of aliphatic hydroxyl groups is 1. The van der Waals surface area contributed by atoms with E-state index in [0.717, 1.165) is 11.1 Å². The van der Waals surface area contributed by atoms with E-state index in [0.29, 0.717) is 18.1 Å². The molecule has 0 radical (unpaired) electrons. The SMILES string of the molecule is OC1=C2CN=CC=C2Oc2ccccc21. The van der Waals surface area contributed by atoms with Crippen LogP contribution in [0, 0.1) is 0 Å². The third-order valence-corrected chi connectivity index (χ3v) is 2.53. The van der Waals surface area contributed by atoms with Crippen molar-refractivity contribution in [2.24, 2.45) is 4.99 Å². The molecule has 0 fully saturated rings. The van der Waals surface area contributed by atoms with Gasteiger partial charge in [0.2, 0.25) is 0 Å². The Labute approximate surface area is 87.0 Å². The summed E-state index contributed by atoms with van der Waals surface area (Å²) in [4.78, 5) is 4.09. The van der Waals surface area contributed by atoms with E-state index in [1.165, 1.54) is 0 Å². The first kappa shape index (κ1) is 8.29. The number of hydrogen-bond donors (Lipinski definition) is 1. The molecule has 0 aliphatic carbocycles. The molecule has 0 saturated heterocycles. The Balaban J connectivity index is 2.23. The fourth-order valence-electron chi connectivity index (χ4n) is 1.76. The number of benzene rings is 1. The minimum absolute atomic E-state index is 0.278. The first-order chi connectivity index (χ1) is 7.36. The van der Waals surface area contributed by atoms with E-state index in [2.05, 4.69) is 4.99 Å². The van der Waals surface area contributed by atoms with Crippen molar-refractivity contribution in [3.63, 3.8) is 0 Å². The number of para-hydroxylation sites is 1. The Morgan fingerprint density at radius 1 is 1.27 bits per heavy atom. The molecular formula is C12H9NO2. The maximum Gasteiger partial charge on any atom is 0.138 e. The Hall–Kier alpha value is -2.03. The molecule has 2 aliphatic heterocycles. The van der Waals surface area contributed by atoms with Gasteiger partial charge < -0.3 is 9.84 Å². The molecule has 3 rings (SSSR count). The number of nitrogens with zero attached hydrogens (tertiary/aromatic N) is 1. The molecule has 0 saturated carbocycles. The van der Waals surface area contributed by atoms with Gasteiger partial charge in [-0.25, -0.2) is 0 Å². The zero-order valence-corrected chi connectivity index (χ0v) is 7.97. The lowest BCUT2D eigenvalue weighted by atomic mass is 10.0. The van der Waals surface area contributed by atoms with Crippen molar-refractivity contribution >= 4 is 12.0 Å². The number of aliphatic imine (C=N–C) groups is 1. The first-order valence-corrected chi connectivity index (χ1v) is 4.76. The fourth-order valence-corrected chi connectivity index (χ4v) is 1.76. The van der Waals surface area contributed by atoms with Gasteiger partial charge in [0.05, 0.1) is 17.7 Å². The number of aliphatic hydroxyl groups excluding tert-OH is 1. The quantitative estimate of drug-likeness (QED) is 0.696. The van der Waals surface area contributed by atoms with Crippen LogP contribution in [0.5, 0.6) is 5.75 Å². The zero-order chi connectivity index (χ0) is 10.3. The Morgan fingerprint density at radius 3 is 3.07 bits per heavy atom. The molecule has 3 heteroatoms. The molecule has 0 atom stereocenters. The fraction of sp³-hybridized carbons (Fsp3) is 0.0833. The molecule has 2 heterocycles. The van der Waals surface area contributed by atoms with Gasteiger partial charge in [-0.15, -0.1) is 0 Å². The van der Waals surface area contributed by atoms with Crippen LogP contribution < -0.4 is 4.74 Å². The Bertz CT molecular complexity index is 512. The normalized spacial score (nSPS) is 17.7. The van der Waals surface area contributed by atoms with E-state index < -0.39 is 0 Å². The molecule has 1 aromatic carbocycles. The molecule has 0 amide bonds. The number of dihydropyridines is 1. The van der Waals surface area contributed by atoms with Crippen LogP contribution >= 0.6 is 0 Å². The number of hydrogen-bond acceptors (Lipinski definition) is 3. The van der Waals surface area contributed by atoms with Crippen molar-refractivity contribution in [2.45, 2.75) is 0 Å². The van der Waals surface area contributed by atoms with Gasteiger partial charge in [-0.05, 0) is 18.2 Å². The second kappa shape index (κ2) is 2.98. The van der Waals surface area contributed by atoms with Crippen LogP contribution in [0.1, 0.15) is 5.56 Å². The summed E-state index contributed by atoms with van der Waals surface area (Å²) >= 11 is 0. The molecular weight excluding hydrogens is 190 g/mol. The Morgan fingerprint density at radius 2 is 2.13 bits per heavy atom. The predicted octanol–water partition coefficient (Wildman–Crippen LogP) is 2.32. The second-order valence-corrected chi connectivity index (χ2v) is 3.45. The molecule has 2 aliphatic rings. The Kier molecular flexibility index (Phi) is 1.65. The summed E-state index contributed by atoms with van der Waals surface area (Å²) in [6.45, 7) is 0.478. The van der Waals surface area contributed by atoms with Crippen molar-refractivity contribution in [1.29, 1.82) is 0 Å². The van der Waals surface area contributed by atoms with E-state index >= 15 is 0 Å². The topological polar surface area (TPSA) is 41.8 Å². The summed E-state index contributed by atoms with van der Waals surface area (Å²) in [7, 11) is 0. The van der Waals surface area contributed by atoms with Crippen LogP contribution in [0.25, 0.3) is 5.76 Å². The van der Waals surface area contributed by atoms with Gasteiger partial charge in [0.25, 0.3) is 0 Å². The third kappa shape index (κ3) is 1.16. The summed E-state index contributed by atoms with van der Waals surface area (Å²) in [5.41, 5.74) is 1.50. The number of rotatable bonds is 0. The van der Waals surface area contributed by atoms with Gasteiger partial charge in [-0.2, -0.15) is 0 Å². The molecule has 15 heavy (non-hydrogen) atoms. The van der Waals surface area contributed by atoms with Gasteiger partial charge >= 0.3 is 0 Å². The lowest BCUT2D eigenvalue weighted by Crippen LogP contribution is -2.14. The minimum Gasteiger partial charge on any atom is -0.507 e. The molecule has 1 N–H and O–H groups in total. The van der Waals surface area contributed by atoms with Gasteiger partial charge in [0.1, 0.15) is 17.3 Å². The smallest absolute Gasteiger partial charge is 0.138 e. The van der Waals surface area contributed by atoms with Crippen molar-refractivity contribution in [1.82, 2.24) is 0 Å². The van der Waals surface area contributed by atoms with Gasteiger partial charge in [-0.1, -0.05) is 12.1 Å². The molecule has 0 aromatic heterocycles. The highest BCUT2D eigenvalue weighted by atomic mass is 16.5. The zero-order valence-electron chi connectivity index (χ0n) is 7.97. The van der Waals surface area contributed by atoms with Gasteiger partial charge in [0.15, 0.2) is 0 Å². The summed E-state index contributed by atoms with van der Waals surface area (Å²) in [5.74, 6) is 1.67. The van der Waals surface area contributed by atoms with E-state index in [9.17, 15) is 5.11 Å². The van der Waals surface area contributed by atoms with Crippen LogP contribution in [-0.4, -0.2) is 17.9 Å². The standard InChI is InChI=1S/C12H9NO2/c14-12-8-3-1-2-4-10(8)15-11-5-6-13-7-9(11)12/h1-6,14H,7H2. The lowest BCUT2D eigenvalue weighted by Gasteiger charge is -2.23. The minimum atomic E-state index is 0.278. The largest absolute Gasteiger partial charge is 0.507 e. The average Bonchev–Trinajstić information content (AvgIpc) is 2.30. The monoisotopic (exact) mass is 199 g/mol. The highest BCUT2D eigenvalue weighted by Crippen LogP contribution is 2.36. The van der Waals surface area contributed by atoms with Crippen LogP contribution in [0.15, 0.2) is 46.7 Å². The van der Waals surface area contributed by atoms with Crippen LogP contribution in [0.3, 0.4) is 0 Å². The van der Waals surface area contributed by atoms with E-state index in [1.54, 1.807) is 12.3 Å². The summed E-state index contributed by atoms with van der Waals surface area (Å²) in [6.07, 6.45) is 3.46. The second-order valence-electron chi connectivity index (χ2n) is 3.45. The van der Waals surface area contributed by atoms with Crippen LogP contribution in [-0.2, 0) is 0 Å². The number of fused-ring (bicyclic) bond motifs is 2. The van der Waals surface area contributed by atoms with E-state index in [1.807, 2.05) is 24.3 Å². The third-order valence-electron chi connectivity index (χ3n) is 2.53. The predicted molar refractivity (Wildman–Crippen MR) is 58.1 cm³/mol. The molecule has 0 unspecified atom stereocenters. The van der Waals surface area contributed by atoms with Gasteiger partial charge in [-0.3, -0.25) is 4.99 Å². The number of ether oxygens (including phenoxy) is 1. The van der Waals surface area contributed by atoms with Crippen molar-refractivity contribution in [3.8, 4) is 5.75 Å². The maximum atomic E-state index is 10.0. The summed E-state index contributed by atoms with van der Waals surface area (Å²) < 4.78 is 5.66. The van der Waals surface area contributed by atoms with Crippen LogP contribution in [0.2, 0.25) is 0 Å². The molecule has 0 spiro atoms. The average molecular weight is 199 g/mol. The summed E-state index contributed by atoms with van der Waals surface area (Å²) in [5, 5.41) is 10.0.